The summed E-state index contributed by atoms with van der Waals surface area (Å²) < 4.78 is 5.57. The Morgan fingerprint density at radius 3 is 2.33 bits per heavy atom. The molecule has 0 atom stereocenters. The first-order valence-electron chi connectivity index (χ1n) is 6.92. The molecular formula is C16H23NO. The highest BCUT2D eigenvalue weighted by atomic mass is 16.5. The van der Waals surface area contributed by atoms with Gasteiger partial charge >= 0.3 is 0 Å². The van der Waals surface area contributed by atoms with Gasteiger partial charge in [-0.25, -0.2) is 0 Å². The highest BCUT2D eigenvalue weighted by molar-refractivity contribution is 5.14. The van der Waals surface area contributed by atoms with E-state index in [0.29, 0.717) is 6.42 Å². The molecule has 0 bridgehead atoms. The number of unbranched alkanes of at least 4 members (excludes halogenated alkanes) is 4. The molecule has 0 N–H and O–H groups in total. The molecular weight excluding hydrogens is 222 g/mol. The van der Waals surface area contributed by atoms with E-state index in [1.54, 1.807) is 0 Å². The first-order chi connectivity index (χ1) is 8.93. The van der Waals surface area contributed by atoms with Crippen molar-refractivity contribution in [2.45, 2.75) is 44.9 Å². The molecule has 0 aliphatic rings. The molecule has 0 aliphatic heterocycles. The average molecular weight is 245 g/mol. The molecule has 0 unspecified atom stereocenters. The third-order valence-corrected chi connectivity index (χ3v) is 2.92. The van der Waals surface area contributed by atoms with Gasteiger partial charge in [-0.1, -0.05) is 36.8 Å². The Balaban J connectivity index is 1.83. The van der Waals surface area contributed by atoms with Gasteiger partial charge in [-0.3, -0.25) is 0 Å². The molecule has 2 nitrogen and oxygen atoms in total. The number of rotatable bonds is 10. The summed E-state index contributed by atoms with van der Waals surface area (Å²) in [6.07, 6.45) is 7.35. The highest BCUT2D eigenvalue weighted by Crippen LogP contribution is 2.05. The zero-order valence-electron chi connectivity index (χ0n) is 11.1. The SMILES string of the molecule is N#CCCCCCOCCCCc1ccccc1. The van der Waals surface area contributed by atoms with Gasteiger partial charge in [-0.2, -0.15) is 5.26 Å². The molecule has 0 saturated heterocycles. The van der Waals surface area contributed by atoms with Gasteiger partial charge < -0.3 is 4.74 Å². The fraction of sp³-hybridized carbons (Fsp3) is 0.562. The lowest BCUT2D eigenvalue weighted by Gasteiger charge is -2.04. The Morgan fingerprint density at radius 1 is 0.889 bits per heavy atom. The monoisotopic (exact) mass is 245 g/mol. The third-order valence-electron chi connectivity index (χ3n) is 2.92. The summed E-state index contributed by atoms with van der Waals surface area (Å²) in [6, 6.07) is 12.7. The zero-order chi connectivity index (χ0) is 12.9. The quantitative estimate of drug-likeness (QED) is 0.581. The van der Waals surface area contributed by atoms with Crippen LogP contribution < -0.4 is 0 Å². The average Bonchev–Trinajstić information content (AvgIpc) is 2.42. The summed E-state index contributed by atoms with van der Waals surface area (Å²) in [6.45, 7) is 1.71. The van der Waals surface area contributed by atoms with Crippen LogP contribution in [0.15, 0.2) is 30.3 Å². The van der Waals surface area contributed by atoms with E-state index in [-0.39, 0.29) is 0 Å². The van der Waals surface area contributed by atoms with Crippen LogP contribution in [0.5, 0.6) is 0 Å². The number of hydrogen-bond acceptors (Lipinski definition) is 2. The first-order valence-corrected chi connectivity index (χ1v) is 6.92. The van der Waals surface area contributed by atoms with Crippen molar-refractivity contribution in [2.24, 2.45) is 0 Å². The molecule has 0 aliphatic carbocycles. The Kier molecular flexibility index (Phi) is 8.84. The lowest BCUT2D eigenvalue weighted by molar-refractivity contribution is 0.126. The van der Waals surface area contributed by atoms with Crippen LogP contribution in [0.3, 0.4) is 0 Å². The molecule has 0 amide bonds. The maximum atomic E-state index is 8.38. The summed E-state index contributed by atoms with van der Waals surface area (Å²) in [5, 5.41) is 8.38. The number of nitrogens with zero attached hydrogens (tertiary/aromatic N) is 1. The van der Waals surface area contributed by atoms with Crippen molar-refractivity contribution in [3.8, 4) is 6.07 Å². The molecule has 1 aromatic rings. The minimum Gasteiger partial charge on any atom is -0.381 e. The van der Waals surface area contributed by atoms with E-state index >= 15 is 0 Å². The van der Waals surface area contributed by atoms with Crippen LogP contribution in [0.4, 0.5) is 0 Å². The van der Waals surface area contributed by atoms with Gasteiger partial charge in [0.1, 0.15) is 0 Å². The van der Waals surface area contributed by atoms with Crippen molar-refractivity contribution in [1.82, 2.24) is 0 Å². The summed E-state index contributed by atoms with van der Waals surface area (Å²) in [5.41, 5.74) is 1.41. The van der Waals surface area contributed by atoms with Crippen molar-refractivity contribution < 1.29 is 4.74 Å². The van der Waals surface area contributed by atoms with Crippen molar-refractivity contribution in [3.05, 3.63) is 35.9 Å². The van der Waals surface area contributed by atoms with Crippen LogP contribution in [0.2, 0.25) is 0 Å². The first kappa shape index (κ1) is 14.7. The molecule has 18 heavy (non-hydrogen) atoms. The Morgan fingerprint density at radius 2 is 1.61 bits per heavy atom. The topological polar surface area (TPSA) is 33.0 Å². The van der Waals surface area contributed by atoms with E-state index in [0.717, 1.165) is 45.3 Å². The van der Waals surface area contributed by atoms with Crippen LogP contribution >= 0.6 is 0 Å². The van der Waals surface area contributed by atoms with E-state index in [1.807, 2.05) is 0 Å². The molecule has 2 heteroatoms. The van der Waals surface area contributed by atoms with Gasteiger partial charge in [-0.05, 0) is 37.7 Å². The molecule has 0 aromatic heterocycles. The molecule has 0 radical (unpaired) electrons. The summed E-state index contributed by atoms with van der Waals surface area (Å²) in [7, 11) is 0. The fourth-order valence-corrected chi connectivity index (χ4v) is 1.86. The van der Waals surface area contributed by atoms with Crippen LogP contribution in [-0.4, -0.2) is 13.2 Å². The van der Waals surface area contributed by atoms with Gasteiger partial charge in [0, 0.05) is 19.6 Å². The smallest absolute Gasteiger partial charge is 0.0621 e. The van der Waals surface area contributed by atoms with E-state index < -0.39 is 0 Å². The van der Waals surface area contributed by atoms with Crippen molar-refractivity contribution >= 4 is 0 Å². The van der Waals surface area contributed by atoms with Crippen molar-refractivity contribution in [1.29, 1.82) is 5.26 Å². The maximum Gasteiger partial charge on any atom is 0.0621 e. The fourth-order valence-electron chi connectivity index (χ4n) is 1.86. The van der Waals surface area contributed by atoms with Gasteiger partial charge in [0.15, 0.2) is 0 Å². The Labute approximate surface area is 111 Å². The normalized spacial score (nSPS) is 10.2. The van der Waals surface area contributed by atoms with Gasteiger partial charge in [0.2, 0.25) is 0 Å². The van der Waals surface area contributed by atoms with E-state index in [9.17, 15) is 0 Å². The lowest BCUT2D eigenvalue weighted by Crippen LogP contribution is -1.98. The van der Waals surface area contributed by atoms with Gasteiger partial charge in [0.05, 0.1) is 6.07 Å². The molecule has 0 saturated carbocycles. The van der Waals surface area contributed by atoms with Gasteiger partial charge in [0.25, 0.3) is 0 Å². The number of hydrogen-bond donors (Lipinski definition) is 0. The molecule has 98 valence electrons. The molecule has 0 fully saturated rings. The van der Waals surface area contributed by atoms with E-state index in [2.05, 4.69) is 36.4 Å². The van der Waals surface area contributed by atoms with E-state index in [1.165, 1.54) is 12.0 Å². The van der Waals surface area contributed by atoms with Gasteiger partial charge in [-0.15, -0.1) is 0 Å². The second kappa shape index (κ2) is 10.8. The van der Waals surface area contributed by atoms with Crippen LogP contribution in [0, 0.1) is 11.3 Å². The standard InChI is InChI=1S/C16H23NO/c17-13-7-1-2-8-14-18-15-9-6-12-16-10-4-3-5-11-16/h3-5,10-11H,1-2,6-9,12,14-15H2. The van der Waals surface area contributed by atoms with Crippen LogP contribution in [0.25, 0.3) is 0 Å². The minimum atomic E-state index is 0.678. The zero-order valence-corrected chi connectivity index (χ0v) is 11.1. The predicted octanol–water partition coefficient (Wildman–Crippen LogP) is 4.11. The Hall–Kier alpha value is -1.33. The molecule has 0 heterocycles. The van der Waals surface area contributed by atoms with Crippen molar-refractivity contribution in [2.75, 3.05) is 13.2 Å². The third kappa shape index (κ3) is 7.86. The largest absolute Gasteiger partial charge is 0.381 e. The van der Waals surface area contributed by atoms with Crippen LogP contribution in [0.1, 0.15) is 44.1 Å². The summed E-state index contributed by atoms with van der Waals surface area (Å²) in [5.74, 6) is 0. The number of nitriles is 1. The Bertz CT molecular complexity index is 329. The highest BCUT2D eigenvalue weighted by Gasteiger charge is 1.93. The lowest BCUT2D eigenvalue weighted by atomic mass is 10.1. The predicted molar refractivity (Wildman–Crippen MR) is 74.3 cm³/mol. The minimum absolute atomic E-state index is 0.678. The summed E-state index contributed by atoms with van der Waals surface area (Å²) >= 11 is 0. The van der Waals surface area contributed by atoms with E-state index in [4.69, 9.17) is 10.00 Å². The summed E-state index contributed by atoms with van der Waals surface area (Å²) in [4.78, 5) is 0. The molecule has 1 rings (SSSR count). The number of benzene rings is 1. The maximum absolute atomic E-state index is 8.38. The number of aryl methyl sites for hydroxylation is 1. The molecule has 0 spiro atoms. The second-order valence-electron chi connectivity index (χ2n) is 4.52. The van der Waals surface area contributed by atoms with Crippen LogP contribution in [-0.2, 0) is 11.2 Å². The number of ether oxygens (including phenoxy) is 1. The molecule has 1 aromatic carbocycles. The second-order valence-corrected chi connectivity index (χ2v) is 4.52. The van der Waals surface area contributed by atoms with Crippen molar-refractivity contribution in [3.63, 3.8) is 0 Å².